The summed E-state index contributed by atoms with van der Waals surface area (Å²) in [6.45, 7) is 4.06. The molecule has 3 rings (SSSR count). The number of aromatic carboxylic acids is 1. The highest BCUT2D eigenvalue weighted by Gasteiger charge is 2.26. The number of nitrogens with two attached hydrogens (primary N) is 1. The summed E-state index contributed by atoms with van der Waals surface area (Å²) in [5.41, 5.74) is 5.56. The van der Waals surface area contributed by atoms with Gasteiger partial charge in [-0.2, -0.15) is 0 Å². The van der Waals surface area contributed by atoms with Gasteiger partial charge in [0.15, 0.2) is 23.1 Å². The Hall–Kier alpha value is -2.94. The summed E-state index contributed by atoms with van der Waals surface area (Å²) in [4.78, 5) is 22.2. The number of nitrogens with zero attached hydrogens (tertiary/aromatic N) is 3. The molecule has 3 N–H and O–H groups in total. The number of hydrogen-bond donors (Lipinski definition) is 2. The summed E-state index contributed by atoms with van der Waals surface area (Å²) < 4.78 is 24.7. The molecule has 1 aromatic carbocycles. The number of benzene rings is 1. The molecule has 1 aromatic heterocycles. The number of morpholine rings is 1. The summed E-state index contributed by atoms with van der Waals surface area (Å²) in [5.74, 6) is -1.32. The van der Waals surface area contributed by atoms with E-state index in [0.29, 0.717) is 37.7 Å². The minimum Gasteiger partial charge on any atom is -0.488 e. The summed E-state index contributed by atoms with van der Waals surface area (Å²) in [6.07, 6.45) is 0. The largest absolute Gasteiger partial charge is 0.488 e. The van der Waals surface area contributed by atoms with Crippen molar-refractivity contribution in [1.82, 2.24) is 9.97 Å². The predicted molar refractivity (Wildman–Crippen MR) is 93.0 cm³/mol. The van der Waals surface area contributed by atoms with Crippen molar-refractivity contribution in [3.8, 4) is 17.1 Å². The molecule has 0 spiro atoms. The van der Waals surface area contributed by atoms with Crippen LogP contribution in [-0.4, -0.2) is 54.0 Å². The van der Waals surface area contributed by atoms with Gasteiger partial charge in [0.25, 0.3) is 0 Å². The molecule has 9 heteroatoms. The van der Waals surface area contributed by atoms with E-state index in [1.54, 1.807) is 13.0 Å². The molecule has 1 fully saturated rings. The van der Waals surface area contributed by atoms with Gasteiger partial charge in [0, 0.05) is 18.7 Å². The van der Waals surface area contributed by atoms with Crippen molar-refractivity contribution in [2.75, 3.05) is 43.5 Å². The van der Waals surface area contributed by atoms with Gasteiger partial charge in [-0.1, -0.05) is 0 Å². The van der Waals surface area contributed by atoms with Crippen molar-refractivity contribution in [2.45, 2.75) is 6.92 Å². The number of anilines is 2. The van der Waals surface area contributed by atoms with E-state index in [1.165, 1.54) is 12.1 Å². The molecule has 0 atom stereocenters. The van der Waals surface area contributed by atoms with Crippen molar-refractivity contribution in [2.24, 2.45) is 0 Å². The molecule has 0 amide bonds. The van der Waals surface area contributed by atoms with E-state index in [-0.39, 0.29) is 29.6 Å². The molecule has 0 saturated carbocycles. The van der Waals surface area contributed by atoms with Gasteiger partial charge in [0.2, 0.25) is 0 Å². The van der Waals surface area contributed by atoms with E-state index in [0.717, 1.165) is 0 Å². The van der Waals surface area contributed by atoms with E-state index >= 15 is 0 Å². The van der Waals surface area contributed by atoms with Crippen LogP contribution in [0, 0.1) is 5.82 Å². The summed E-state index contributed by atoms with van der Waals surface area (Å²) in [7, 11) is 0. The third-order valence-corrected chi connectivity index (χ3v) is 3.91. The smallest absolute Gasteiger partial charge is 0.358 e. The molecule has 26 heavy (non-hydrogen) atoms. The van der Waals surface area contributed by atoms with Crippen LogP contribution in [0.1, 0.15) is 17.4 Å². The SMILES string of the molecule is CCOc1c(C(=O)O)nc(-c2ccc(N)c(F)c2)nc1N1CCOCC1. The van der Waals surface area contributed by atoms with Crippen LogP contribution in [0.15, 0.2) is 18.2 Å². The van der Waals surface area contributed by atoms with Gasteiger partial charge < -0.3 is 25.2 Å². The second-order valence-electron chi connectivity index (χ2n) is 5.62. The fourth-order valence-corrected chi connectivity index (χ4v) is 2.65. The molecule has 2 heterocycles. The van der Waals surface area contributed by atoms with Crippen molar-refractivity contribution in [3.05, 3.63) is 29.7 Å². The van der Waals surface area contributed by atoms with Gasteiger partial charge in [0.1, 0.15) is 5.82 Å². The molecular weight excluding hydrogens is 343 g/mol. The first-order chi connectivity index (χ1) is 12.5. The lowest BCUT2D eigenvalue weighted by Crippen LogP contribution is -2.37. The van der Waals surface area contributed by atoms with Crippen LogP contribution in [0.2, 0.25) is 0 Å². The highest BCUT2D eigenvalue weighted by atomic mass is 19.1. The normalized spacial score (nSPS) is 14.3. The number of rotatable bonds is 5. The quantitative estimate of drug-likeness (QED) is 0.775. The Balaban J connectivity index is 2.17. The maximum absolute atomic E-state index is 13.8. The van der Waals surface area contributed by atoms with E-state index in [9.17, 15) is 14.3 Å². The molecule has 0 unspecified atom stereocenters. The van der Waals surface area contributed by atoms with E-state index in [2.05, 4.69) is 9.97 Å². The second-order valence-corrected chi connectivity index (χ2v) is 5.62. The predicted octanol–water partition coefficient (Wildman–Crippen LogP) is 1.80. The number of carboxylic acids is 1. The number of ether oxygens (including phenoxy) is 2. The van der Waals surface area contributed by atoms with E-state index in [4.69, 9.17) is 15.2 Å². The third kappa shape index (κ3) is 3.52. The summed E-state index contributed by atoms with van der Waals surface area (Å²) >= 11 is 0. The number of carboxylic acid groups (broad SMARTS) is 1. The fourth-order valence-electron chi connectivity index (χ4n) is 2.65. The van der Waals surface area contributed by atoms with Gasteiger partial charge in [0.05, 0.1) is 25.5 Å². The zero-order valence-corrected chi connectivity index (χ0v) is 14.2. The summed E-state index contributed by atoms with van der Waals surface area (Å²) in [5, 5.41) is 9.58. The van der Waals surface area contributed by atoms with Gasteiger partial charge >= 0.3 is 5.97 Å². The zero-order valence-electron chi connectivity index (χ0n) is 14.2. The van der Waals surface area contributed by atoms with E-state index < -0.39 is 11.8 Å². The molecule has 138 valence electrons. The Morgan fingerprint density at radius 3 is 2.73 bits per heavy atom. The minimum atomic E-state index is -1.25. The standard InChI is InChI=1S/C17H19FN4O4/c1-2-26-14-13(17(23)24)20-15(10-3-4-12(19)11(18)9-10)21-16(14)22-5-7-25-8-6-22/h3-4,9H,2,5-8,19H2,1H3,(H,23,24). The Morgan fingerprint density at radius 2 is 2.12 bits per heavy atom. The Labute approximate surface area is 149 Å². The Bertz CT molecular complexity index is 825. The topological polar surface area (TPSA) is 111 Å². The van der Waals surface area contributed by atoms with Gasteiger partial charge in [-0.3, -0.25) is 0 Å². The first-order valence-corrected chi connectivity index (χ1v) is 8.17. The number of nitrogen functional groups attached to an aromatic ring is 1. The monoisotopic (exact) mass is 362 g/mol. The number of halogens is 1. The van der Waals surface area contributed by atoms with Crippen LogP contribution in [0.5, 0.6) is 5.75 Å². The van der Waals surface area contributed by atoms with Crippen molar-refractivity contribution < 1.29 is 23.8 Å². The lowest BCUT2D eigenvalue weighted by molar-refractivity contribution is 0.0685. The molecule has 0 aliphatic carbocycles. The maximum atomic E-state index is 13.8. The highest BCUT2D eigenvalue weighted by Crippen LogP contribution is 2.33. The Kier molecular flexibility index (Phi) is 5.17. The van der Waals surface area contributed by atoms with Crippen LogP contribution in [0.4, 0.5) is 15.9 Å². The fraction of sp³-hybridized carbons (Fsp3) is 0.353. The lowest BCUT2D eigenvalue weighted by atomic mass is 10.1. The molecule has 8 nitrogen and oxygen atoms in total. The van der Waals surface area contributed by atoms with Crippen molar-refractivity contribution in [1.29, 1.82) is 0 Å². The van der Waals surface area contributed by atoms with E-state index in [1.807, 2.05) is 4.90 Å². The Morgan fingerprint density at radius 1 is 1.38 bits per heavy atom. The van der Waals surface area contributed by atoms with Gasteiger partial charge in [-0.05, 0) is 25.1 Å². The number of aromatic nitrogens is 2. The first kappa shape index (κ1) is 17.9. The van der Waals surface area contributed by atoms with Crippen molar-refractivity contribution in [3.63, 3.8) is 0 Å². The van der Waals surface area contributed by atoms with Gasteiger partial charge in [-0.25, -0.2) is 19.2 Å². The number of carbonyl (C=O) groups is 1. The highest BCUT2D eigenvalue weighted by molar-refractivity contribution is 5.91. The maximum Gasteiger partial charge on any atom is 0.358 e. The van der Waals surface area contributed by atoms with Gasteiger partial charge in [-0.15, -0.1) is 0 Å². The lowest BCUT2D eigenvalue weighted by Gasteiger charge is -2.29. The summed E-state index contributed by atoms with van der Waals surface area (Å²) in [6, 6.07) is 4.11. The molecule has 0 bridgehead atoms. The van der Waals surface area contributed by atoms with Crippen LogP contribution in [0.25, 0.3) is 11.4 Å². The van der Waals surface area contributed by atoms with Crippen LogP contribution in [0.3, 0.4) is 0 Å². The molecular formula is C17H19FN4O4. The molecule has 1 aliphatic heterocycles. The molecule has 0 radical (unpaired) electrons. The molecule has 2 aromatic rings. The van der Waals surface area contributed by atoms with Crippen LogP contribution < -0.4 is 15.4 Å². The van der Waals surface area contributed by atoms with Crippen LogP contribution in [-0.2, 0) is 4.74 Å². The number of hydrogen-bond acceptors (Lipinski definition) is 7. The minimum absolute atomic E-state index is 0.00783. The second kappa shape index (κ2) is 7.52. The molecule has 1 saturated heterocycles. The third-order valence-electron chi connectivity index (χ3n) is 3.91. The zero-order chi connectivity index (χ0) is 18.7. The van der Waals surface area contributed by atoms with Crippen molar-refractivity contribution >= 4 is 17.5 Å². The molecule has 1 aliphatic rings. The first-order valence-electron chi connectivity index (χ1n) is 8.17. The van der Waals surface area contributed by atoms with Crippen LogP contribution >= 0.6 is 0 Å². The average Bonchev–Trinajstić information content (AvgIpc) is 2.65. The average molecular weight is 362 g/mol.